The highest BCUT2D eigenvalue weighted by Crippen LogP contribution is 2.21. The minimum atomic E-state index is 0.0875. The number of hydrogen-bond acceptors (Lipinski definition) is 3. The van der Waals surface area contributed by atoms with E-state index in [1.165, 1.54) is 0 Å². The smallest absolute Gasteiger partial charge is 0.223 e. The van der Waals surface area contributed by atoms with E-state index in [9.17, 15) is 4.79 Å². The van der Waals surface area contributed by atoms with Gasteiger partial charge in [0, 0.05) is 32.0 Å². The maximum atomic E-state index is 11.8. The Labute approximate surface area is 120 Å². The lowest BCUT2D eigenvalue weighted by Gasteiger charge is -2.16. The van der Waals surface area contributed by atoms with Crippen LogP contribution in [0.25, 0.3) is 0 Å². The van der Waals surface area contributed by atoms with Crippen molar-refractivity contribution >= 4 is 5.91 Å². The Bertz CT molecular complexity index is 442. The highest BCUT2D eigenvalue weighted by Gasteiger charge is 2.28. The van der Waals surface area contributed by atoms with Gasteiger partial charge in [-0.15, -0.1) is 0 Å². The molecule has 1 fully saturated rings. The Balaban J connectivity index is 1.89. The van der Waals surface area contributed by atoms with Gasteiger partial charge in [-0.2, -0.15) is 0 Å². The number of rotatable bonds is 6. The summed E-state index contributed by atoms with van der Waals surface area (Å²) < 4.78 is 5.63. The molecule has 1 amide bonds. The number of ether oxygens (including phenoxy) is 1. The molecule has 20 heavy (non-hydrogen) atoms. The number of carbonyl (C=O) groups excluding carboxylic acids is 1. The van der Waals surface area contributed by atoms with Gasteiger partial charge in [-0.1, -0.05) is 26.0 Å². The molecule has 1 aromatic carbocycles. The van der Waals surface area contributed by atoms with Crippen LogP contribution in [0.15, 0.2) is 24.3 Å². The van der Waals surface area contributed by atoms with Gasteiger partial charge in [0.05, 0.1) is 6.61 Å². The molecule has 0 aliphatic carbocycles. The van der Waals surface area contributed by atoms with Crippen LogP contribution in [0.1, 0.15) is 25.8 Å². The summed E-state index contributed by atoms with van der Waals surface area (Å²) in [7, 11) is 0. The second-order valence-electron chi connectivity index (χ2n) is 5.88. The van der Waals surface area contributed by atoms with Crippen molar-refractivity contribution in [2.45, 2.75) is 26.8 Å². The lowest BCUT2D eigenvalue weighted by Crippen LogP contribution is -2.24. The number of benzene rings is 1. The van der Waals surface area contributed by atoms with Crippen molar-refractivity contribution in [1.82, 2.24) is 4.90 Å². The number of aliphatic hydroxyl groups is 1. The van der Waals surface area contributed by atoms with Crippen LogP contribution in [0, 0.1) is 11.8 Å². The van der Waals surface area contributed by atoms with Crippen LogP contribution in [-0.2, 0) is 11.3 Å². The molecule has 0 bridgehead atoms. The van der Waals surface area contributed by atoms with Crippen molar-refractivity contribution in [3.63, 3.8) is 0 Å². The number of nitrogens with zero attached hydrogens (tertiary/aromatic N) is 1. The van der Waals surface area contributed by atoms with Gasteiger partial charge in [0.1, 0.15) is 5.75 Å². The Morgan fingerprint density at radius 2 is 2.05 bits per heavy atom. The van der Waals surface area contributed by atoms with Crippen molar-refractivity contribution in [3.8, 4) is 5.75 Å². The van der Waals surface area contributed by atoms with Crippen molar-refractivity contribution in [1.29, 1.82) is 0 Å². The molecule has 2 rings (SSSR count). The molecule has 0 radical (unpaired) electrons. The Hall–Kier alpha value is -1.55. The quantitative estimate of drug-likeness (QED) is 0.866. The first-order valence-corrected chi connectivity index (χ1v) is 7.19. The van der Waals surface area contributed by atoms with E-state index in [0.717, 1.165) is 11.3 Å². The maximum absolute atomic E-state index is 11.8. The van der Waals surface area contributed by atoms with Crippen LogP contribution in [0.4, 0.5) is 0 Å². The Morgan fingerprint density at radius 1 is 1.35 bits per heavy atom. The van der Waals surface area contributed by atoms with Crippen LogP contribution in [0.3, 0.4) is 0 Å². The summed E-state index contributed by atoms with van der Waals surface area (Å²) in [5.41, 5.74) is 1.09. The third-order valence-electron chi connectivity index (χ3n) is 3.43. The topological polar surface area (TPSA) is 49.8 Å². The van der Waals surface area contributed by atoms with E-state index in [1.54, 1.807) is 0 Å². The predicted octanol–water partition coefficient (Wildman–Crippen LogP) is 2.06. The van der Waals surface area contributed by atoms with Gasteiger partial charge in [-0.3, -0.25) is 4.79 Å². The molecule has 0 spiro atoms. The average molecular weight is 277 g/mol. The molecule has 110 valence electrons. The lowest BCUT2D eigenvalue weighted by atomic mass is 10.1. The largest absolute Gasteiger partial charge is 0.493 e. The number of amides is 1. The highest BCUT2D eigenvalue weighted by atomic mass is 16.5. The standard InChI is InChI=1S/C16H23NO3/c1-12(2)11-20-15-5-3-13(4-6-15)8-17-9-14(10-18)7-16(17)19/h3-6,12,14,18H,7-11H2,1-2H3. The van der Waals surface area contributed by atoms with Gasteiger partial charge in [-0.05, 0) is 23.6 Å². The zero-order valence-electron chi connectivity index (χ0n) is 12.2. The summed E-state index contributed by atoms with van der Waals surface area (Å²) in [5.74, 6) is 1.59. The van der Waals surface area contributed by atoms with Crippen LogP contribution in [0.2, 0.25) is 0 Å². The first-order valence-electron chi connectivity index (χ1n) is 7.19. The van der Waals surface area contributed by atoms with E-state index in [2.05, 4.69) is 13.8 Å². The summed E-state index contributed by atoms with van der Waals surface area (Å²) in [4.78, 5) is 13.6. The normalized spacial score (nSPS) is 18.9. The summed E-state index contributed by atoms with van der Waals surface area (Å²) in [5, 5.41) is 9.11. The monoisotopic (exact) mass is 277 g/mol. The van der Waals surface area contributed by atoms with Crippen LogP contribution in [0.5, 0.6) is 5.75 Å². The molecule has 0 aromatic heterocycles. The zero-order valence-corrected chi connectivity index (χ0v) is 12.2. The van der Waals surface area contributed by atoms with Gasteiger partial charge < -0.3 is 14.7 Å². The first kappa shape index (κ1) is 14.9. The number of aliphatic hydroxyl groups excluding tert-OH is 1. The van der Waals surface area contributed by atoms with Gasteiger partial charge in [-0.25, -0.2) is 0 Å². The van der Waals surface area contributed by atoms with Gasteiger partial charge in [0.25, 0.3) is 0 Å². The molecule has 1 saturated heterocycles. The third-order valence-corrected chi connectivity index (χ3v) is 3.43. The van der Waals surface area contributed by atoms with E-state index in [4.69, 9.17) is 9.84 Å². The summed E-state index contributed by atoms with van der Waals surface area (Å²) in [6.45, 7) is 6.29. The van der Waals surface area contributed by atoms with E-state index >= 15 is 0 Å². The Kier molecular flexibility index (Phi) is 5.01. The predicted molar refractivity (Wildman–Crippen MR) is 77.4 cm³/mol. The van der Waals surface area contributed by atoms with E-state index in [1.807, 2.05) is 29.2 Å². The zero-order chi connectivity index (χ0) is 14.5. The molecule has 1 aromatic rings. The molecule has 1 aliphatic heterocycles. The number of likely N-dealkylation sites (tertiary alicyclic amines) is 1. The molecule has 4 nitrogen and oxygen atoms in total. The highest BCUT2D eigenvalue weighted by molar-refractivity contribution is 5.78. The van der Waals surface area contributed by atoms with Gasteiger partial charge in [0.15, 0.2) is 0 Å². The van der Waals surface area contributed by atoms with E-state index in [0.29, 0.717) is 32.0 Å². The maximum Gasteiger partial charge on any atom is 0.223 e. The second-order valence-corrected chi connectivity index (χ2v) is 5.88. The number of hydrogen-bond donors (Lipinski definition) is 1. The van der Waals surface area contributed by atoms with Crippen molar-refractivity contribution in [2.24, 2.45) is 11.8 Å². The molecule has 0 saturated carbocycles. The molecule has 4 heteroatoms. The minimum Gasteiger partial charge on any atom is -0.493 e. The SMILES string of the molecule is CC(C)COc1ccc(CN2CC(CO)CC2=O)cc1. The average Bonchev–Trinajstić information content (AvgIpc) is 2.78. The Morgan fingerprint density at radius 3 is 2.60 bits per heavy atom. The number of carbonyl (C=O) groups is 1. The fourth-order valence-corrected chi connectivity index (χ4v) is 2.30. The molecule has 1 unspecified atom stereocenters. The molecule has 1 N–H and O–H groups in total. The molecular formula is C16H23NO3. The minimum absolute atomic E-state index is 0.0875. The summed E-state index contributed by atoms with van der Waals surface area (Å²) in [6.07, 6.45) is 0.464. The van der Waals surface area contributed by atoms with Crippen LogP contribution < -0.4 is 4.74 Å². The van der Waals surface area contributed by atoms with Gasteiger partial charge >= 0.3 is 0 Å². The summed E-state index contributed by atoms with van der Waals surface area (Å²) >= 11 is 0. The van der Waals surface area contributed by atoms with E-state index < -0.39 is 0 Å². The van der Waals surface area contributed by atoms with Crippen LogP contribution in [-0.4, -0.2) is 35.7 Å². The fraction of sp³-hybridized carbons (Fsp3) is 0.562. The van der Waals surface area contributed by atoms with Gasteiger partial charge in [0.2, 0.25) is 5.91 Å². The third kappa shape index (κ3) is 3.97. The summed E-state index contributed by atoms with van der Waals surface area (Å²) in [6, 6.07) is 7.88. The molecule has 1 atom stereocenters. The van der Waals surface area contributed by atoms with Crippen molar-refractivity contribution in [2.75, 3.05) is 19.8 Å². The second kappa shape index (κ2) is 6.75. The molecule has 1 heterocycles. The fourth-order valence-electron chi connectivity index (χ4n) is 2.30. The van der Waals surface area contributed by atoms with Crippen molar-refractivity contribution in [3.05, 3.63) is 29.8 Å². The first-order chi connectivity index (χ1) is 9.58. The molecule has 1 aliphatic rings. The van der Waals surface area contributed by atoms with E-state index in [-0.39, 0.29) is 18.4 Å². The van der Waals surface area contributed by atoms with Crippen LogP contribution >= 0.6 is 0 Å². The lowest BCUT2D eigenvalue weighted by molar-refractivity contribution is -0.128. The van der Waals surface area contributed by atoms with Crippen molar-refractivity contribution < 1.29 is 14.6 Å². The molecular weight excluding hydrogens is 254 g/mol.